The van der Waals surface area contributed by atoms with Gasteiger partial charge in [-0.15, -0.1) is 0 Å². The molecule has 0 bridgehead atoms. The van der Waals surface area contributed by atoms with Gasteiger partial charge in [0.25, 0.3) is 5.91 Å². The average molecular weight is 463 g/mol. The summed E-state index contributed by atoms with van der Waals surface area (Å²) in [5.74, 6) is -6.83. The molecule has 2 aliphatic rings. The molecule has 1 fully saturated rings. The van der Waals surface area contributed by atoms with Crippen LogP contribution in [0.5, 0.6) is 0 Å². The number of hydrogen-bond donors (Lipinski definition) is 1. The number of aryl methyl sites for hydroxylation is 1. The van der Waals surface area contributed by atoms with Crippen molar-refractivity contribution in [3.63, 3.8) is 0 Å². The number of alkyl halides is 2. The Morgan fingerprint density at radius 3 is 2.62 bits per heavy atom. The molecular formula is C23H19ClF2N2O4. The molecule has 0 saturated carbocycles. The molecule has 9 heteroatoms. The van der Waals surface area contributed by atoms with Gasteiger partial charge in [0.15, 0.2) is 0 Å². The summed E-state index contributed by atoms with van der Waals surface area (Å²) in [6, 6.07) is 6.22. The van der Waals surface area contributed by atoms with Crippen LogP contribution in [0.1, 0.15) is 49.1 Å². The van der Waals surface area contributed by atoms with Gasteiger partial charge < -0.3 is 4.90 Å². The van der Waals surface area contributed by atoms with Crippen molar-refractivity contribution in [2.45, 2.75) is 44.2 Å². The van der Waals surface area contributed by atoms with Crippen LogP contribution in [0.15, 0.2) is 42.4 Å². The predicted octanol–water partition coefficient (Wildman–Crippen LogP) is 3.39. The quantitative estimate of drug-likeness (QED) is 0.667. The summed E-state index contributed by atoms with van der Waals surface area (Å²) in [5, 5.41) is 2.40. The summed E-state index contributed by atoms with van der Waals surface area (Å²) in [5.41, 5.74) is -0.145. The van der Waals surface area contributed by atoms with E-state index in [0.29, 0.717) is 0 Å². The number of carbonyl (C=O) groups is 4. The number of fused-ring (bicyclic) bond motifs is 1. The highest BCUT2D eigenvalue weighted by Gasteiger charge is 2.41. The lowest BCUT2D eigenvalue weighted by molar-refractivity contribution is -0.144. The number of nitrogens with one attached hydrogen (secondary N) is 1. The molecule has 3 amide bonds. The maximum Gasteiger partial charge on any atom is 0.330 e. The van der Waals surface area contributed by atoms with Crippen LogP contribution in [0.2, 0.25) is 5.02 Å². The summed E-state index contributed by atoms with van der Waals surface area (Å²) in [6.45, 7) is -1.37. The van der Waals surface area contributed by atoms with Crippen LogP contribution in [-0.2, 0) is 33.2 Å². The summed E-state index contributed by atoms with van der Waals surface area (Å²) < 4.78 is 46.1. The molecule has 2 aliphatic heterocycles. The third kappa shape index (κ3) is 4.14. The largest absolute Gasteiger partial charge is 0.330 e. The summed E-state index contributed by atoms with van der Waals surface area (Å²) in [7, 11) is 0. The number of benzene rings is 2. The smallest absolute Gasteiger partial charge is 0.322 e. The van der Waals surface area contributed by atoms with Crippen molar-refractivity contribution < 1.29 is 30.7 Å². The Bertz CT molecular complexity index is 1210. The molecule has 1 N–H and O–H groups in total. The Balaban J connectivity index is 1.53. The van der Waals surface area contributed by atoms with Gasteiger partial charge in [-0.25, -0.2) is 0 Å². The van der Waals surface area contributed by atoms with Crippen LogP contribution in [0.25, 0.3) is 0 Å². The van der Waals surface area contributed by atoms with E-state index < -0.39 is 54.0 Å². The van der Waals surface area contributed by atoms with E-state index in [1.54, 1.807) is 0 Å². The first kappa shape index (κ1) is 19.5. The number of halogens is 3. The molecule has 2 unspecified atom stereocenters. The summed E-state index contributed by atoms with van der Waals surface area (Å²) in [4.78, 5) is 49.8. The summed E-state index contributed by atoms with van der Waals surface area (Å²) >= 11 is 5.71. The van der Waals surface area contributed by atoms with Crippen LogP contribution >= 0.6 is 11.6 Å². The van der Waals surface area contributed by atoms with Gasteiger partial charge in [0.05, 0.1) is 2.74 Å². The monoisotopic (exact) mass is 462 g/mol. The van der Waals surface area contributed by atoms with Gasteiger partial charge in [-0.2, -0.15) is 8.78 Å². The number of piperidine rings is 1. The minimum atomic E-state index is -3.74. The number of Topliss-reactive ketones (excluding diaryl/α,β-unsaturated/α-hetero) is 1. The maximum absolute atomic E-state index is 14.6. The molecule has 2 heterocycles. The molecule has 2 aromatic rings. The van der Waals surface area contributed by atoms with Crippen molar-refractivity contribution in [1.82, 2.24) is 10.2 Å². The Morgan fingerprint density at radius 2 is 1.94 bits per heavy atom. The van der Waals surface area contributed by atoms with Crippen LogP contribution in [0.4, 0.5) is 8.78 Å². The van der Waals surface area contributed by atoms with Crippen molar-refractivity contribution in [3.8, 4) is 0 Å². The highest BCUT2D eigenvalue weighted by molar-refractivity contribution is 6.30. The second-order valence-electron chi connectivity index (χ2n) is 7.62. The second kappa shape index (κ2) is 8.43. The molecule has 32 heavy (non-hydrogen) atoms. The van der Waals surface area contributed by atoms with Crippen LogP contribution in [0.3, 0.4) is 0 Å². The fourth-order valence-corrected chi connectivity index (χ4v) is 3.86. The third-order valence-electron chi connectivity index (χ3n) is 5.49. The minimum absolute atomic E-state index is 0.0200. The summed E-state index contributed by atoms with van der Waals surface area (Å²) in [6.07, 6.45) is -0.665. The number of ketones is 1. The Labute approximate surface area is 190 Å². The molecule has 0 aliphatic carbocycles. The zero-order chi connectivity index (χ0) is 24.8. The Kier molecular flexibility index (Phi) is 5.15. The number of rotatable bonds is 6. The van der Waals surface area contributed by atoms with Crippen LogP contribution in [-0.4, -0.2) is 34.4 Å². The molecule has 0 spiro atoms. The van der Waals surface area contributed by atoms with Crippen molar-refractivity contribution in [1.29, 1.82) is 0 Å². The number of imide groups is 1. The third-order valence-corrected chi connectivity index (χ3v) is 5.75. The van der Waals surface area contributed by atoms with E-state index in [9.17, 15) is 28.0 Å². The zero-order valence-corrected chi connectivity index (χ0v) is 17.4. The average Bonchev–Trinajstić information content (AvgIpc) is 3.04. The highest BCUT2D eigenvalue weighted by Crippen LogP contribution is 2.32. The van der Waals surface area contributed by atoms with Crippen molar-refractivity contribution >= 4 is 35.1 Å². The van der Waals surface area contributed by atoms with Gasteiger partial charge in [-0.3, -0.25) is 24.5 Å². The van der Waals surface area contributed by atoms with Gasteiger partial charge in [0.1, 0.15) is 6.04 Å². The lowest BCUT2D eigenvalue weighted by atomic mass is 9.97. The van der Waals surface area contributed by atoms with Gasteiger partial charge >= 0.3 is 5.92 Å². The van der Waals surface area contributed by atoms with E-state index in [2.05, 4.69) is 5.32 Å². The molecular weight excluding hydrogens is 442 g/mol. The van der Waals surface area contributed by atoms with E-state index in [1.807, 2.05) is 0 Å². The standard InChI is InChI=1S/C23H19ClF2N2O4/c24-16-5-3-15(4-6-16)23(25,26)19(29)9-2-13-1-7-17-14(11-13)12-28(22(17)32)18-8-10-20(30)27-21(18)31/h1,3-7,11,18H,2,8-10,12H2,(H,27,30,31)/i11D,12D. The lowest BCUT2D eigenvalue weighted by Gasteiger charge is -2.29. The number of amides is 3. The van der Waals surface area contributed by atoms with E-state index in [1.165, 1.54) is 24.3 Å². The highest BCUT2D eigenvalue weighted by atomic mass is 35.5. The van der Waals surface area contributed by atoms with Crippen LogP contribution < -0.4 is 5.32 Å². The van der Waals surface area contributed by atoms with Crippen LogP contribution in [0, 0.1) is 0 Å². The molecule has 2 atom stereocenters. The van der Waals surface area contributed by atoms with Crippen molar-refractivity contribution in [2.75, 3.05) is 0 Å². The molecule has 0 radical (unpaired) electrons. The minimum Gasteiger partial charge on any atom is -0.322 e. The first-order chi connectivity index (χ1) is 16.0. The maximum atomic E-state index is 14.6. The molecule has 4 rings (SSSR count). The van der Waals surface area contributed by atoms with Gasteiger partial charge in [-0.1, -0.05) is 35.8 Å². The topological polar surface area (TPSA) is 83.6 Å². The first-order valence-corrected chi connectivity index (χ1v) is 10.3. The normalized spacial score (nSPS) is 21.7. The Hall–Kier alpha value is -3.13. The molecule has 0 aromatic heterocycles. The lowest BCUT2D eigenvalue weighted by Crippen LogP contribution is -2.52. The van der Waals surface area contributed by atoms with Crippen molar-refractivity contribution in [2.24, 2.45) is 0 Å². The van der Waals surface area contributed by atoms with E-state index in [4.69, 9.17) is 14.3 Å². The zero-order valence-electron chi connectivity index (χ0n) is 18.7. The molecule has 166 valence electrons. The fraction of sp³-hybridized carbons (Fsp3) is 0.304. The number of nitrogens with zero attached hydrogens (tertiary/aromatic N) is 1. The van der Waals surface area contributed by atoms with E-state index in [0.717, 1.165) is 17.0 Å². The van der Waals surface area contributed by atoms with Gasteiger partial charge in [0.2, 0.25) is 17.6 Å². The second-order valence-corrected chi connectivity index (χ2v) is 8.06. The number of carbonyl (C=O) groups excluding carboxylic acids is 4. The molecule has 6 nitrogen and oxygen atoms in total. The van der Waals surface area contributed by atoms with Gasteiger partial charge in [0, 0.05) is 35.5 Å². The van der Waals surface area contributed by atoms with E-state index in [-0.39, 0.29) is 47.0 Å². The predicted molar refractivity (Wildman–Crippen MR) is 111 cm³/mol. The Morgan fingerprint density at radius 1 is 1.22 bits per heavy atom. The molecule has 1 saturated heterocycles. The van der Waals surface area contributed by atoms with Gasteiger partial charge in [-0.05, 0) is 42.2 Å². The number of hydrogen-bond acceptors (Lipinski definition) is 4. The molecule has 2 aromatic carbocycles. The van der Waals surface area contributed by atoms with Crippen molar-refractivity contribution in [3.05, 3.63) is 69.7 Å². The van der Waals surface area contributed by atoms with E-state index >= 15 is 0 Å². The fourth-order valence-electron chi connectivity index (χ4n) is 3.73. The SMILES string of the molecule is [2H]c1c(CCC(=O)C(F)(F)c2ccc(Cl)cc2)ccc2c1C([2H])N(C1CCC(=O)NC1=O)C2=O. The first-order valence-electron chi connectivity index (χ1n) is 11.0.